The summed E-state index contributed by atoms with van der Waals surface area (Å²) in [4.78, 5) is 27.4. The lowest BCUT2D eigenvalue weighted by Crippen LogP contribution is -2.47. The van der Waals surface area contributed by atoms with Crippen LogP contribution in [0.15, 0.2) is 42.5 Å². The summed E-state index contributed by atoms with van der Waals surface area (Å²) in [6.45, 7) is 2.31. The third-order valence-corrected chi connectivity index (χ3v) is 5.77. The van der Waals surface area contributed by atoms with Gasteiger partial charge in [-0.1, -0.05) is 30.3 Å². The van der Waals surface area contributed by atoms with E-state index in [2.05, 4.69) is 5.32 Å². The number of hydrogen-bond acceptors (Lipinski definition) is 5. The van der Waals surface area contributed by atoms with Crippen LogP contribution in [0.4, 0.5) is 0 Å². The number of rotatable bonds is 6. The highest BCUT2D eigenvalue weighted by atomic mass is 32.2. The van der Waals surface area contributed by atoms with Crippen molar-refractivity contribution in [1.29, 1.82) is 0 Å². The van der Waals surface area contributed by atoms with E-state index >= 15 is 0 Å². The molecule has 1 saturated heterocycles. The van der Waals surface area contributed by atoms with Crippen LogP contribution < -0.4 is 14.8 Å². The Balaban J connectivity index is 1.75. The molecular formula is C21H24N2O4S. The van der Waals surface area contributed by atoms with Crippen LogP contribution >= 0.6 is 11.8 Å². The number of thioether (sulfide) groups is 1. The van der Waals surface area contributed by atoms with Crippen molar-refractivity contribution in [3.63, 3.8) is 0 Å². The zero-order valence-electron chi connectivity index (χ0n) is 16.2. The van der Waals surface area contributed by atoms with E-state index in [1.54, 1.807) is 43.0 Å². The van der Waals surface area contributed by atoms with Gasteiger partial charge in [0.1, 0.15) is 17.5 Å². The average Bonchev–Trinajstić information content (AvgIpc) is 3.22. The second-order valence-electron chi connectivity index (χ2n) is 6.50. The van der Waals surface area contributed by atoms with E-state index in [1.807, 2.05) is 37.3 Å². The number of carbonyl (C=O) groups excluding carboxylic acids is 2. The number of amides is 2. The molecule has 1 aliphatic heterocycles. The Hall–Kier alpha value is -2.67. The summed E-state index contributed by atoms with van der Waals surface area (Å²) in [6, 6.07) is 12.6. The van der Waals surface area contributed by atoms with Crippen molar-refractivity contribution in [2.45, 2.75) is 19.5 Å². The number of nitrogens with zero attached hydrogens (tertiary/aromatic N) is 1. The smallest absolute Gasteiger partial charge is 0.255 e. The number of benzene rings is 2. The van der Waals surface area contributed by atoms with Gasteiger partial charge in [-0.2, -0.15) is 0 Å². The molecule has 1 atom stereocenters. The van der Waals surface area contributed by atoms with E-state index < -0.39 is 6.04 Å². The molecule has 2 aromatic carbocycles. The summed E-state index contributed by atoms with van der Waals surface area (Å²) in [6.07, 6.45) is 0. The van der Waals surface area contributed by atoms with Crippen LogP contribution in [-0.4, -0.2) is 48.6 Å². The Bertz CT molecular complexity index is 832. The average molecular weight is 401 g/mol. The zero-order valence-corrected chi connectivity index (χ0v) is 17.0. The quantitative estimate of drug-likeness (QED) is 0.808. The van der Waals surface area contributed by atoms with E-state index in [1.165, 1.54) is 0 Å². The van der Waals surface area contributed by atoms with E-state index in [9.17, 15) is 9.59 Å². The number of hydrogen-bond donors (Lipinski definition) is 1. The number of carbonyl (C=O) groups is 2. The van der Waals surface area contributed by atoms with Gasteiger partial charge in [-0.3, -0.25) is 9.59 Å². The Labute approximate surface area is 169 Å². The Morgan fingerprint density at radius 2 is 1.79 bits per heavy atom. The highest BCUT2D eigenvalue weighted by molar-refractivity contribution is 7.99. The van der Waals surface area contributed by atoms with Crippen LogP contribution in [0.5, 0.6) is 11.5 Å². The summed E-state index contributed by atoms with van der Waals surface area (Å²) < 4.78 is 10.7. The predicted octanol–water partition coefficient (Wildman–Crippen LogP) is 2.84. The molecule has 1 heterocycles. The van der Waals surface area contributed by atoms with Gasteiger partial charge in [0.25, 0.3) is 5.91 Å². The van der Waals surface area contributed by atoms with Crippen molar-refractivity contribution in [3.8, 4) is 11.5 Å². The minimum Gasteiger partial charge on any atom is -0.496 e. The van der Waals surface area contributed by atoms with Crippen LogP contribution in [0.1, 0.15) is 21.5 Å². The largest absolute Gasteiger partial charge is 0.496 e. The first-order valence-electron chi connectivity index (χ1n) is 8.98. The molecule has 0 radical (unpaired) electrons. The van der Waals surface area contributed by atoms with Gasteiger partial charge in [-0.25, -0.2) is 0 Å². The predicted molar refractivity (Wildman–Crippen MR) is 110 cm³/mol. The lowest BCUT2D eigenvalue weighted by molar-refractivity contribution is -0.124. The summed E-state index contributed by atoms with van der Waals surface area (Å²) in [7, 11) is 3.11. The van der Waals surface area contributed by atoms with Gasteiger partial charge in [0.2, 0.25) is 5.91 Å². The Kier molecular flexibility index (Phi) is 6.46. The Morgan fingerprint density at radius 1 is 1.14 bits per heavy atom. The first kappa shape index (κ1) is 20.1. The normalized spacial score (nSPS) is 16.0. The first-order valence-corrected chi connectivity index (χ1v) is 10.1. The minimum atomic E-state index is -0.500. The molecule has 7 heteroatoms. The lowest BCUT2D eigenvalue weighted by atomic mass is 10.1. The van der Waals surface area contributed by atoms with Crippen LogP contribution in [0.3, 0.4) is 0 Å². The molecular weight excluding hydrogens is 376 g/mol. The molecule has 2 aromatic rings. The molecule has 148 valence electrons. The Morgan fingerprint density at radius 3 is 2.39 bits per heavy atom. The maximum atomic E-state index is 13.1. The van der Waals surface area contributed by atoms with Gasteiger partial charge in [0.15, 0.2) is 0 Å². The molecule has 0 bridgehead atoms. The molecule has 0 aromatic heterocycles. The van der Waals surface area contributed by atoms with Crippen LogP contribution in [-0.2, 0) is 11.3 Å². The van der Waals surface area contributed by atoms with Gasteiger partial charge in [-0.05, 0) is 24.6 Å². The highest BCUT2D eigenvalue weighted by Crippen LogP contribution is 2.31. The molecule has 28 heavy (non-hydrogen) atoms. The summed E-state index contributed by atoms with van der Waals surface area (Å²) in [5.74, 6) is 1.86. The number of nitrogens with one attached hydrogen (secondary N) is 1. The van der Waals surface area contributed by atoms with Crippen LogP contribution in [0, 0.1) is 6.92 Å². The number of methoxy groups -OCH3 is 2. The maximum absolute atomic E-state index is 13.1. The number of ether oxygens (including phenoxy) is 2. The van der Waals surface area contributed by atoms with Gasteiger partial charge in [0, 0.05) is 23.4 Å². The molecule has 1 fully saturated rings. The van der Waals surface area contributed by atoms with Gasteiger partial charge >= 0.3 is 0 Å². The van der Waals surface area contributed by atoms with Crippen molar-refractivity contribution in [3.05, 3.63) is 59.2 Å². The standard InChI is InChI=1S/C21H24N2O4S/c1-14-18(26-2)9-16(10-19(14)27-3)21(25)23-13-28-12-17(23)20(24)22-11-15-7-5-4-6-8-15/h4-10,17H,11-13H2,1-3H3,(H,22,24). The van der Waals surface area contributed by atoms with Crippen LogP contribution in [0.25, 0.3) is 0 Å². The SMILES string of the molecule is COc1cc(C(=O)N2CSCC2C(=O)NCc2ccccc2)cc(OC)c1C. The van der Waals surface area contributed by atoms with E-state index in [0.717, 1.165) is 11.1 Å². The molecule has 0 aliphatic carbocycles. The monoisotopic (exact) mass is 400 g/mol. The van der Waals surface area contributed by atoms with E-state index in [-0.39, 0.29) is 11.8 Å². The van der Waals surface area contributed by atoms with E-state index in [0.29, 0.717) is 35.2 Å². The topological polar surface area (TPSA) is 67.9 Å². The van der Waals surface area contributed by atoms with E-state index in [4.69, 9.17) is 9.47 Å². The molecule has 3 rings (SSSR count). The van der Waals surface area contributed by atoms with Gasteiger partial charge in [-0.15, -0.1) is 11.8 Å². The molecule has 1 unspecified atom stereocenters. The second-order valence-corrected chi connectivity index (χ2v) is 7.50. The van der Waals surface area contributed by atoms with Crippen molar-refractivity contribution >= 4 is 23.6 Å². The fourth-order valence-corrected chi connectivity index (χ4v) is 4.29. The first-order chi connectivity index (χ1) is 13.5. The lowest BCUT2D eigenvalue weighted by Gasteiger charge is -2.24. The van der Waals surface area contributed by atoms with Crippen molar-refractivity contribution in [2.75, 3.05) is 25.8 Å². The highest BCUT2D eigenvalue weighted by Gasteiger charge is 2.35. The fourth-order valence-electron chi connectivity index (χ4n) is 3.14. The molecule has 6 nitrogen and oxygen atoms in total. The van der Waals surface area contributed by atoms with Crippen molar-refractivity contribution in [1.82, 2.24) is 10.2 Å². The second kappa shape index (κ2) is 9.01. The van der Waals surface area contributed by atoms with Crippen molar-refractivity contribution in [2.24, 2.45) is 0 Å². The van der Waals surface area contributed by atoms with Crippen LogP contribution in [0.2, 0.25) is 0 Å². The molecule has 2 amide bonds. The van der Waals surface area contributed by atoms with Gasteiger partial charge in [0.05, 0.1) is 20.1 Å². The molecule has 0 saturated carbocycles. The fraction of sp³-hybridized carbons (Fsp3) is 0.333. The van der Waals surface area contributed by atoms with Crippen molar-refractivity contribution < 1.29 is 19.1 Å². The molecule has 1 aliphatic rings. The third kappa shape index (κ3) is 4.25. The summed E-state index contributed by atoms with van der Waals surface area (Å²) in [5.41, 5.74) is 2.30. The maximum Gasteiger partial charge on any atom is 0.255 e. The molecule has 1 N–H and O–H groups in total. The molecule has 0 spiro atoms. The van der Waals surface area contributed by atoms with Gasteiger partial charge < -0.3 is 19.7 Å². The summed E-state index contributed by atoms with van der Waals surface area (Å²) in [5, 5.41) is 2.94. The zero-order chi connectivity index (χ0) is 20.1. The minimum absolute atomic E-state index is 0.145. The third-order valence-electron chi connectivity index (χ3n) is 4.75. The summed E-state index contributed by atoms with van der Waals surface area (Å²) >= 11 is 1.57.